The van der Waals surface area contributed by atoms with Crippen LogP contribution in [0.2, 0.25) is 0 Å². The zero-order valence-electron chi connectivity index (χ0n) is 12.9. The summed E-state index contributed by atoms with van der Waals surface area (Å²) in [5.74, 6) is 0.756. The fraction of sp³-hybridized carbons (Fsp3) is 0.176. The molecule has 0 N–H and O–H groups in total. The molecule has 0 radical (unpaired) electrons. The lowest BCUT2D eigenvalue weighted by atomic mass is 10.2. The zero-order chi connectivity index (χ0) is 16.2. The number of aryl methyl sites for hydroxylation is 1. The molecule has 2 aromatic heterocycles. The number of carbonyl (C=O) groups excluding carboxylic acids is 1. The van der Waals surface area contributed by atoms with E-state index in [4.69, 9.17) is 9.26 Å². The molecule has 6 heteroatoms. The van der Waals surface area contributed by atoms with Gasteiger partial charge >= 0.3 is 0 Å². The Morgan fingerprint density at radius 3 is 2.65 bits per heavy atom. The second-order valence-electron chi connectivity index (χ2n) is 5.00. The molecule has 3 rings (SSSR count). The van der Waals surface area contributed by atoms with E-state index in [1.54, 1.807) is 36.3 Å². The van der Waals surface area contributed by atoms with E-state index in [2.05, 4.69) is 5.16 Å². The number of aromatic nitrogens is 1. The third-order valence-corrected chi connectivity index (χ3v) is 4.22. The minimum Gasteiger partial charge on any atom is -0.497 e. The first-order valence-corrected chi connectivity index (χ1v) is 7.97. The van der Waals surface area contributed by atoms with Gasteiger partial charge in [0.15, 0.2) is 0 Å². The van der Waals surface area contributed by atoms with Crippen molar-refractivity contribution < 1.29 is 14.1 Å². The zero-order valence-corrected chi connectivity index (χ0v) is 13.7. The molecule has 5 nitrogen and oxygen atoms in total. The van der Waals surface area contributed by atoms with Gasteiger partial charge in [-0.1, -0.05) is 11.2 Å². The number of rotatable bonds is 5. The Hall–Kier alpha value is -2.60. The number of carbonyl (C=O) groups is 1. The molecule has 118 valence electrons. The maximum atomic E-state index is 12.8. The van der Waals surface area contributed by atoms with Crippen LogP contribution in [0.5, 0.6) is 5.75 Å². The lowest BCUT2D eigenvalue weighted by Crippen LogP contribution is -2.29. The van der Waals surface area contributed by atoms with Gasteiger partial charge in [-0.15, -0.1) is 11.3 Å². The second-order valence-corrected chi connectivity index (χ2v) is 6.03. The SMILES string of the molecule is COc1ccc(N(Cc2cccs2)C(=O)c2cc(C)no2)cc1. The number of benzene rings is 1. The molecule has 1 amide bonds. The molecule has 0 spiro atoms. The molecule has 0 bridgehead atoms. The lowest BCUT2D eigenvalue weighted by Gasteiger charge is -2.21. The Kier molecular flexibility index (Phi) is 4.43. The standard InChI is InChI=1S/C17H16N2O3S/c1-12-10-16(22-18-12)17(20)19(11-15-4-3-9-23-15)13-5-7-14(21-2)8-6-13/h3-10H,11H2,1-2H3. The van der Waals surface area contributed by atoms with Gasteiger partial charge in [-0.2, -0.15) is 0 Å². The topological polar surface area (TPSA) is 55.6 Å². The number of anilines is 1. The van der Waals surface area contributed by atoms with Gasteiger partial charge < -0.3 is 14.2 Å². The van der Waals surface area contributed by atoms with Gasteiger partial charge in [-0.25, -0.2) is 0 Å². The van der Waals surface area contributed by atoms with Gasteiger partial charge in [0.1, 0.15) is 5.75 Å². The maximum absolute atomic E-state index is 12.8. The molecule has 1 aromatic carbocycles. The summed E-state index contributed by atoms with van der Waals surface area (Å²) in [6.45, 7) is 2.26. The van der Waals surface area contributed by atoms with Crippen LogP contribution in [0.4, 0.5) is 5.69 Å². The van der Waals surface area contributed by atoms with E-state index in [0.717, 1.165) is 16.3 Å². The minimum absolute atomic E-state index is 0.218. The summed E-state index contributed by atoms with van der Waals surface area (Å²) in [5, 5.41) is 5.79. The molecule has 0 aliphatic heterocycles. The first-order valence-electron chi connectivity index (χ1n) is 7.09. The molecule has 0 unspecified atom stereocenters. The summed E-state index contributed by atoms with van der Waals surface area (Å²) >= 11 is 1.61. The van der Waals surface area contributed by atoms with Crippen LogP contribution in [0.1, 0.15) is 21.1 Å². The molecule has 2 heterocycles. The normalized spacial score (nSPS) is 10.5. The number of methoxy groups -OCH3 is 1. The first kappa shape index (κ1) is 15.3. The first-order chi connectivity index (χ1) is 11.2. The molecule has 0 atom stereocenters. The molecule has 0 saturated heterocycles. The number of thiophene rings is 1. The number of hydrogen-bond donors (Lipinski definition) is 0. The molecular weight excluding hydrogens is 312 g/mol. The predicted molar refractivity (Wildman–Crippen MR) is 89.1 cm³/mol. The van der Waals surface area contributed by atoms with Crippen LogP contribution < -0.4 is 9.64 Å². The minimum atomic E-state index is -0.218. The monoisotopic (exact) mass is 328 g/mol. The number of hydrogen-bond acceptors (Lipinski definition) is 5. The van der Waals surface area contributed by atoms with Crippen LogP contribution in [-0.2, 0) is 6.54 Å². The van der Waals surface area contributed by atoms with Crippen LogP contribution in [-0.4, -0.2) is 18.2 Å². The molecule has 0 saturated carbocycles. The number of nitrogens with zero attached hydrogens (tertiary/aromatic N) is 2. The third kappa shape index (κ3) is 3.43. The van der Waals surface area contributed by atoms with E-state index in [9.17, 15) is 4.79 Å². The molecule has 23 heavy (non-hydrogen) atoms. The van der Waals surface area contributed by atoms with Gasteiger partial charge in [0, 0.05) is 16.6 Å². The Bertz CT molecular complexity index is 779. The summed E-state index contributed by atoms with van der Waals surface area (Å²) in [5.41, 5.74) is 1.46. The van der Waals surface area contributed by atoms with Crippen molar-refractivity contribution in [2.75, 3.05) is 12.0 Å². The van der Waals surface area contributed by atoms with Crippen LogP contribution >= 0.6 is 11.3 Å². The molecule has 3 aromatic rings. The van der Waals surface area contributed by atoms with Crippen LogP contribution in [0.25, 0.3) is 0 Å². The largest absolute Gasteiger partial charge is 0.497 e. The highest BCUT2D eigenvalue weighted by molar-refractivity contribution is 7.09. The van der Waals surface area contributed by atoms with Crippen LogP contribution in [0.15, 0.2) is 52.4 Å². The third-order valence-electron chi connectivity index (χ3n) is 3.36. The molecule has 0 fully saturated rings. The van der Waals surface area contributed by atoms with Crippen molar-refractivity contribution in [2.45, 2.75) is 13.5 Å². The van der Waals surface area contributed by atoms with E-state index >= 15 is 0 Å². The van der Waals surface area contributed by atoms with E-state index in [1.807, 2.05) is 41.8 Å². The van der Waals surface area contributed by atoms with Gasteiger partial charge in [0.05, 0.1) is 19.3 Å². The maximum Gasteiger partial charge on any atom is 0.297 e. The van der Waals surface area contributed by atoms with E-state index in [1.165, 1.54) is 0 Å². The van der Waals surface area contributed by atoms with Crippen molar-refractivity contribution >= 4 is 22.9 Å². The van der Waals surface area contributed by atoms with Gasteiger partial charge in [-0.3, -0.25) is 4.79 Å². The Morgan fingerprint density at radius 1 is 1.30 bits per heavy atom. The summed E-state index contributed by atoms with van der Waals surface area (Å²) in [6.07, 6.45) is 0. The van der Waals surface area contributed by atoms with Crippen LogP contribution in [0.3, 0.4) is 0 Å². The van der Waals surface area contributed by atoms with Gasteiger partial charge in [0.25, 0.3) is 5.91 Å². The Morgan fingerprint density at radius 2 is 2.09 bits per heavy atom. The quantitative estimate of drug-likeness (QED) is 0.713. The van der Waals surface area contributed by atoms with Crippen molar-refractivity contribution in [3.05, 3.63) is 64.2 Å². The van der Waals surface area contributed by atoms with Crippen molar-refractivity contribution in [3.63, 3.8) is 0 Å². The Balaban J connectivity index is 1.93. The van der Waals surface area contributed by atoms with Crippen molar-refractivity contribution in [3.8, 4) is 5.75 Å². The summed E-state index contributed by atoms with van der Waals surface area (Å²) in [4.78, 5) is 15.6. The smallest absolute Gasteiger partial charge is 0.297 e. The van der Waals surface area contributed by atoms with Gasteiger partial charge in [0.2, 0.25) is 5.76 Å². The molecule has 0 aliphatic carbocycles. The Labute approximate surface area is 138 Å². The van der Waals surface area contributed by atoms with Crippen molar-refractivity contribution in [2.24, 2.45) is 0 Å². The van der Waals surface area contributed by atoms with E-state index < -0.39 is 0 Å². The van der Waals surface area contributed by atoms with E-state index in [-0.39, 0.29) is 11.7 Å². The highest BCUT2D eigenvalue weighted by Crippen LogP contribution is 2.24. The summed E-state index contributed by atoms with van der Waals surface area (Å²) in [7, 11) is 1.61. The molecular formula is C17H16N2O3S. The van der Waals surface area contributed by atoms with E-state index in [0.29, 0.717) is 12.2 Å². The van der Waals surface area contributed by atoms with Crippen molar-refractivity contribution in [1.82, 2.24) is 5.16 Å². The predicted octanol–water partition coefficient (Wildman–Crippen LogP) is 3.90. The molecule has 0 aliphatic rings. The van der Waals surface area contributed by atoms with Crippen molar-refractivity contribution in [1.29, 1.82) is 0 Å². The summed E-state index contributed by atoms with van der Waals surface area (Å²) < 4.78 is 10.3. The van der Waals surface area contributed by atoms with Crippen LogP contribution in [0, 0.1) is 6.92 Å². The lowest BCUT2D eigenvalue weighted by molar-refractivity contribution is 0.0949. The number of amides is 1. The highest BCUT2D eigenvalue weighted by Gasteiger charge is 2.22. The average Bonchev–Trinajstić information content (AvgIpc) is 3.24. The van der Waals surface area contributed by atoms with Gasteiger partial charge in [-0.05, 0) is 42.6 Å². The highest BCUT2D eigenvalue weighted by atomic mass is 32.1. The summed E-state index contributed by atoms with van der Waals surface area (Å²) in [6, 6.07) is 13.0. The fourth-order valence-corrected chi connectivity index (χ4v) is 2.89. The second kappa shape index (κ2) is 6.66. The average molecular weight is 328 g/mol. The number of ether oxygens (including phenoxy) is 1. The fourth-order valence-electron chi connectivity index (χ4n) is 2.20.